The number of rotatable bonds is 8. The smallest absolute Gasteiger partial charge is 0.408 e. The number of ether oxygens (including phenoxy) is 1. The zero-order valence-corrected chi connectivity index (χ0v) is 17.7. The second kappa shape index (κ2) is 10.5. The first kappa shape index (κ1) is 21.4. The average molecular weight is 425 g/mol. The standard InChI is InChI=1S/C22H24N4O3S/c1-3-15(2)19(25-22(28)29-13-16-8-5-4-6-9-16)20(27)26-21-24-18(14-30-21)17-10-7-11-23-12-17/h4-12,14-15,19H,3,13H2,1-2H3,(H,25,28)(H,24,26,27)/t15-,19-/m0/s1. The molecule has 0 radical (unpaired) electrons. The van der Waals surface area contributed by atoms with E-state index in [1.807, 2.05) is 61.7 Å². The molecule has 0 unspecified atom stereocenters. The lowest BCUT2D eigenvalue weighted by atomic mass is 9.98. The molecule has 0 spiro atoms. The Morgan fingerprint density at radius 1 is 1.17 bits per heavy atom. The molecule has 0 saturated carbocycles. The number of thiazole rings is 1. The summed E-state index contributed by atoms with van der Waals surface area (Å²) in [5.41, 5.74) is 2.48. The first-order valence-electron chi connectivity index (χ1n) is 9.70. The van der Waals surface area contributed by atoms with E-state index in [1.54, 1.807) is 12.4 Å². The minimum Gasteiger partial charge on any atom is -0.445 e. The second-order valence-electron chi connectivity index (χ2n) is 6.84. The van der Waals surface area contributed by atoms with Gasteiger partial charge in [-0.2, -0.15) is 0 Å². The minimum absolute atomic E-state index is 0.0768. The lowest BCUT2D eigenvalue weighted by Crippen LogP contribution is -2.47. The van der Waals surface area contributed by atoms with Gasteiger partial charge in [0.15, 0.2) is 5.13 Å². The number of hydrogen-bond donors (Lipinski definition) is 2. The van der Waals surface area contributed by atoms with E-state index in [-0.39, 0.29) is 18.4 Å². The number of nitrogens with one attached hydrogen (secondary N) is 2. The van der Waals surface area contributed by atoms with Crippen molar-refractivity contribution in [2.45, 2.75) is 32.9 Å². The molecular weight excluding hydrogens is 400 g/mol. The fourth-order valence-corrected chi connectivity index (χ4v) is 3.48. The molecule has 0 aliphatic heterocycles. The van der Waals surface area contributed by atoms with Gasteiger partial charge in [-0.1, -0.05) is 50.6 Å². The molecular formula is C22H24N4O3S. The van der Waals surface area contributed by atoms with Crippen molar-refractivity contribution < 1.29 is 14.3 Å². The lowest BCUT2D eigenvalue weighted by Gasteiger charge is -2.22. The van der Waals surface area contributed by atoms with Gasteiger partial charge < -0.3 is 15.4 Å². The molecule has 2 atom stereocenters. The Labute approximate surface area is 179 Å². The van der Waals surface area contributed by atoms with Gasteiger partial charge >= 0.3 is 6.09 Å². The fraction of sp³-hybridized carbons (Fsp3) is 0.273. The van der Waals surface area contributed by atoms with Crippen LogP contribution in [0.4, 0.5) is 9.93 Å². The van der Waals surface area contributed by atoms with Crippen LogP contribution in [0.3, 0.4) is 0 Å². The molecule has 0 saturated heterocycles. The highest BCUT2D eigenvalue weighted by molar-refractivity contribution is 7.14. The quantitative estimate of drug-likeness (QED) is 0.556. The van der Waals surface area contributed by atoms with Crippen LogP contribution in [0.5, 0.6) is 0 Å². The summed E-state index contributed by atoms with van der Waals surface area (Å²) < 4.78 is 5.27. The molecule has 0 bridgehead atoms. The number of aromatic nitrogens is 2. The molecule has 7 nitrogen and oxygen atoms in total. The van der Waals surface area contributed by atoms with Crippen molar-refractivity contribution >= 4 is 28.5 Å². The van der Waals surface area contributed by atoms with E-state index in [0.29, 0.717) is 5.13 Å². The number of pyridine rings is 1. The van der Waals surface area contributed by atoms with Crippen LogP contribution in [-0.4, -0.2) is 28.0 Å². The molecule has 30 heavy (non-hydrogen) atoms. The normalized spacial score (nSPS) is 12.6. The Morgan fingerprint density at radius 3 is 2.67 bits per heavy atom. The third-order valence-corrected chi connectivity index (χ3v) is 5.43. The van der Waals surface area contributed by atoms with Crippen LogP contribution < -0.4 is 10.6 Å². The van der Waals surface area contributed by atoms with Crippen molar-refractivity contribution in [3.05, 3.63) is 65.8 Å². The van der Waals surface area contributed by atoms with E-state index in [1.165, 1.54) is 11.3 Å². The third-order valence-electron chi connectivity index (χ3n) is 4.67. The van der Waals surface area contributed by atoms with Gasteiger partial charge in [-0.15, -0.1) is 11.3 Å². The van der Waals surface area contributed by atoms with Crippen LogP contribution in [0.25, 0.3) is 11.3 Å². The summed E-state index contributed by atoms with van der Waals surface area (Å²) in [6, 6.07) is 12.4. The molecule has 2 aromatic heterocycles. The predicted octanol–water partition coefficient (Wildman–Crippen LogP) is 4.48. The summed E-state index contributed by atoms with van der Waals surface area (Å²) in [6.07, 6.45) is 3.50. The molecule has 0 fully saturated rings. The van der Waals surface area contributed by atoms with Crippen LogP contribution in [0.15, 0.2) is 60.2 Å². The van der Waals surface area contributed by atoms with Gasteiger partial charge in [0.05, 0.1) is 5.69 Å². The Balaban J connectivity index is 1.61. The Kier molecular flexibility index (Phi) is 7.51. The summed E-state index contributed by atoms with van der Waals surface area (Å²) in [5, 5.41) is 7.81. The zero-order chi connectivity index (χ0) is 21.3. The predicted molar refractivity (Wildman–Crippen MR) is 117 cm³/mol. The number of carbonyl (C=O) groups excluding carboxylic acids is 2. The summed E-state index contributed by atoms with van der Waals surface area (Å²) in [7, 11) is 0. The van der Waals surface area contributed by atoms with Gasteiger partial charge in [-0.25, -0.2) is 9.78 Å². The van der Waals surface area contributed by atoms with Crippen molar-refractivity contribution in [3.8, 4) is 11.3 Å². The van der Waals surface area contributed by atoms with Crippen molar-refractivity contribution in [2.24, 2.45) is 5.92 Å². The van der Waals surface area contributed by atoms with E-state index < -0.39 is 12.1 Å². The van der Waals surface area contributed by atoms with Crippen molar-refractivity contribution in [1.29, 1.82) is 0 Å². The molecule has 0 aliphatic carbocycles. The first-order chi connectivity index (χ1) is 14.6. The average Bonchev–Trinajstić information content (AvgIpc) is 3.25. The summed E-state index contributed by atoms with van der Waals surface area (Å²) in [5.74, 6) is -0.403. The maximum atomic E-state index is 12.8. The van der Waals surface area contributed by atoms with E-state index in [2.05, 4.69) is 20.6 Å². The van der Waals surface area contributed by atoms with Crippen molar-refractivity contribution in [2.75, 3.05) is 5.32 Å². The maximum absolute atomic E-state index is 12.8. The number of hydrogen-bond acceptors (Lipinski definition) is 6. The molecule has 2 amide bonds. The van der Waals surface area contributed by atoms with E-state index >= 15 is 0 Å². The summed E-state index contributed by atoms with van der Waals surface area (Å²) in [4.78, 5) is 33.6. The minimum atomic E-state index is -0.732. The van der Waals surface area contributed by atoms with Crippen LogP contribution in [0.1, 0.15) is 25.8 Å². The van der Waals surface area contributed by atoms with Gasteiger partial charge in [-0.05, 0) is 23.6 Å². The summed E-state index contributed by atoms with van der Waals surface area (Å²) >= 11 is 1.32. The SMILES string of the molecule is CC[C@H](C)[C@H](NC(=O)OCc1ccccc1)C(=O)Nc1nc(-c2cccnc2)cs1. The van der Waals surface area contributed by atoms with Crippen molar-refractivity contribution in [1.82, 2.24) is 15.3 Å². The number of alkyl carbamates (subject to hydrolysis) is 1. The molecule has 2 heterocycles. The molecule has 1 aromatic carbocycles. The highest BCUT2D eigenvalue weighted by Gasteiger charge is 2.27. The Morgan fingerprint density at radius 2 is 1.97 bits per heavy atom. The molecule has 156 valence electrons. The lowest BCUT2D eigenvalue weighted by molar-refractivity contribution is -0.119. The molecule has 2 N–H and O–H groups in total. The Bertz CT molecular complexity index is 963. The van der Waals surface area contributed by atoms with Crippen molar-refractivity contribution in [3.63, 3.8) is 0 Å². The first-order valence-corrected chi connectivity index (χ1v) is 10.6. The van der Waals surface area contributed by atoms with Crippen LogP contribution in [-0.2, 0) is 16.1 Å². The molecule has 8 heteroatoms. The van der Waals surface area contributed by atoms with Gasteiger partial charge in [0.2, 0.25) is 5.91 Å². The van der Waals surface area contributed by atoms with Gasteiger partial charge in [0.1, 0.15) is 12.6 Å². The number of benzene rings is 1. The number of nitrogens with zero attached hydrogens (tertiary/aromatic N) is 2. The highest BCUT2D eigenvalue weighted by Crippen LogP contribution is 2.24. The molecule has 0 aliphatic rings. The zero-order valence-electron chi connectivity index (χ0n) is 16.9. The number of carbonyl (C=O) groups is 2. The monoisotopic (exact) mass is 424 g/mol. The van der Waals surface area contributed by atoms with E-state index in [4.69, 9.17) is 4.74 Å². The molecule has 3 aromatic rings. The van der Waals surface area contributed by atoms with Crippen LogP contribution in [0, 0.1) is 5.92 Å². The number of amides is 2. The maximum Gasteiger partial charge on any atom is 0.408 e. The van der Waals surface area contributed by atoms with Crippen LogP contribution >= 0.6 is 11.3 Å². The topological polar surface area (TPSA) is 93.2 Å². The fourth-order valence-electron chi connectivity index (χ4n) is 2.75. The second-order valence-corrected chi connectivity index (χ2v) is 7.70. The number of anilines is 1. The highest BCUT2D eigenvalue weighted by atomic mass is 32.1. The molecule has 3 rings (SSSR count). The van der Waals surface area contributed by atoms with E-state index in [9.17, 15) is 9.59 Å². The van der Waals surface area contributed by atoms with Crippen LogP contribution in [0.2, 0.25) is 0 Å². The third kappa shape index (κ3) is 5.87. The summed E-state index contributed by atoms with van der Waals surface area (Å²) in [6.45, 7) is 4.01. The van der Waals surface area contributed by atoms with E-state index in [0.717, 1.165) is 23.2 Å². The Hall–Kier alpha value is -3.26. The van der Waals surface area contributed by atoms with Gasteiger partial charge in [0.25, 0.3) is 0 Å². The largest absolute Gasteiger partial charge is 0.445 e. The van der Waals surface area contributed by atoms with Gasteiger partial charge in [0, 0.05) is 23.3 Å². The van der Waals surface area contributed by atoms with Gasteiger partial charge in [-0.3, -0.25) is 9.78 Å².